The van der Waals surface area contributed by atoms with E-state index < -0.39 is 0 Å². The van der Waals surface area contributed by atoms with E-state index in [2.05, 4.69) is 11.1 Å². The van der Waals surface area contributed by atoms with Crippen LogP contribution in [-0.4, -0.2) is 19.2 Å². The zero-order valence-corrected chi connectivity index (χ0v) is 14.8. The second-order valence-corrected chi connectivity index (χ2v) is 6.63. The number of nitrogens with zero attached hydrogens (tertiary/aromatic N) is 2. The number of nitriles is 1. The number of aromatic nitrogens is 1. The first-order valence-electron chi connectivity index (χ1n) is 7.08. The topological polar surface area (TPSA) is 55.1 Å². The maximum atomic E-state index is 9.43. The summed E-state index contributed by atoms with van der Waals surface area (Å²) in [7, 11) is 3.21. The van der Waals surface area contributed by atoms with Gasteiger partial charge in [0.25, 0.3) is 0 Å². The molecule has 0 N–H and O–H groups in total. The Kier molecular flexibility index (Phi) is 4.94. The Labute approximate surface area is 148 Å². The number of ether oxygens (including phenoxy) is 2. The Bertz CT molecular complexity index is 905. The fourth-order valence-electron chi connectivity index (χ4n) is 2.18. The second-order valence-electron chi connectivity index (χ2n) is 4.79. The molecule has 0 amide bonds. The van der Waals surface area contributed by atoms with Gasteiger partial charge in [-0.25, -0.2) is 4.98 Å². The lowest BCUT2D eigenvalue weighted by Crippen LogP contribution is -1.91. The number of hydrogen-bond acceptors (Lipinski definition) is 6. The fraction of sp³-hybridized carbons (Fsp3) is 0.111. The van der Waals surface area contributed by atoms with Crippen LogP contribution in [0.3, 0.4) is 0 Å². The van der Waals surface area contributed by atoms with Gasteiger partial charge in [0.1, 0.15) is 11.1 Å². The van der Waals surface area contributed by atoms with Crippen molar-refractivity contribution in [1.82, 2.24) is 4.98 Å². The molecule has 4 nitrogen and oxygen atoms in total. The van der Waals surface area contributed by atoms with E-state index in [4.69, 9.17) is 9.47 Å². The standard InChI is InChI=1S/C18H14N2O2S2/c1-21-16-6-5-12(9-17(16)22-2)15-11-24-18(20-15)13(10-19)8-14-4-3-7-23-14/h3-9,11H,1-2H3/b13-8-. The van der Waals surface area contributed by atoms with E-state index in [1.54, 1.807) is 25.6 Å². The molecule has 2 heterocycles. The van der Waals surface area contributed by atoms with Crippen molar-refractivity contribution in [2.45, 2.75) is 0 Å². The minimum absolute atomic E-state index is 0.564. The molecule has 0 spiro atoms. The van der Waals surface area contributed by atoms with E-state index in [1.165, 1.54) is 11.3 Å². The molecule has 0 aliphatic carbocycles. The van der Waals surface area contributed by atoms with Crippen LogP contribution in [0.15, 0.2) is 41.1 Å². The van der Waals surface area contributed by atoms with Crippen molar-refractivity contribution < 1.29 is 9.47 Å². The molecule has 0 saturated carbocycles. The van der Waals surface area contributed by atoms with E-state index in [0.29, 0.717) is 22.1 Å². The lowest BCUT2D eigenvalue weighted by molar-refractivity contribution is 0.355. The summed E-state index contributed by atoms with van der Waals surface area (Å²) in [6.45, 7) is 0. The molecule has 24 heavy (non-hydrogen) atoms. The third-order valence-electron chi connectivity index (χ3n) is 3.36. The number of thiazole rings is 1. The van der Waals surface area contributed by atoms with Gasteiger partial charge >= 0.3 is 0 Å². The molecule has 0 radical (unpaired) electrons. The first-order chi connectivity index (χ1) is 11.7. The monoisotopic (exact) mass is 354 g/mol. The molecule has 0 aliphatic rings. The minimum atomic E-state index is 0.564. The third-order valence-corrected chi connectivity index (χ3v) is 5.06. The molecule has 0 atom stereocenters. The van der Waals surface area contributed by atoms with Crippen LogP contribution in [0.2, 0.25) is 0 Å². The van der Waals surface area contributed by atoms with Crippen LogP contribution in [0, 0.1) is 11.3 Å². The van der Waals surface area contributed by atoms with Gasteiger partial charge in [-0.1, -0.05) is 6.07 Å². The first kappa shape index (κ1) is 16.2. The van der Waals surface area contributed by atoms with E-state index in [1.807, 2.05) is 47.2 Å². The summed E-state index contributed by atoms with van der Waals surface area (Å²) in [5.74, 6) is 1.33. The molecular formula is C18H14N2O2S2. The van der Waals surface area contributed by atoms with Crippen molar-refractivity contribution in [3.63, 3.8) is 0 Å². The van der Waals surface area contributed by atoms with Gasteiger partial charge in [-0.2, -0.15) is 5.26 Å². The van der Waals surface area contributed by atoms with Gasteiger partial charge < -0.3 is 9.47 Å². The lowest BCUT2D eigenvalue weighted by Gasteiger charge is -2.08. The summed E-state index contributed by atoms with van der Waals surface area (Å²) in [5.41, 5.74) is 2.29. The highest BCUT2D eigenvalue weighted by molar-refractivity contribution is 7.12. The van der Waals surface area contributed by atoms with Crippen LogP contribution in [0.5, 0.6) is 11.5 Å². The van der Waals surface area contributed by atoms with E-state index >= 15 is 0 Å². The van der Waals surface area contributed by atoms with Gasteiger partial charge in [-0.05, 0) is 35.7 Å². The maximum absolute atomic E-state index is 9.43. The summed E-state index contributed by atoms with van der Waals surface area (Å²) in [5, 5.41) is 14.1. The predicted molar refractivity (Wildman–Crippen MR) is 98.5 cm³/mol. The SMILES string of the molecule is COc1ccc(-c2csc(/C(C#N)=C\c3cccs3)n2)cc1OC. The quantitative estimate of drug-likeness (QED) is 0.608. The number of benzene rings is 1. The second kappa shape index (κ2) is 7.30. The van der Waals surface area contributed by atoms with Gasteiger partial charge in [0, 0.05) is 15.8 Å². The van der Waals surface area contributed by atoms with Crippen molar-refractivity contribution in [2.75, 3.05) is 14.2 Å². The van der Waals surface area contributed by atoms with E-state index in [-0.39, 0.29) is 0 Å². The third kappa shape index (κ3) is 3.32. The molecule has 0 aliphatic heterocycles. The molecule has 120 valence electrons. The Morgan fingerprint density at radius 3 is 2.67 bits per heavy atom. The minimum Gasteiger partial charge on any atom is -0.493 e. The Morgan fingerprint density at radius 1 is 1.17 bits per heavy atom. The van der Waals surface area contributed by atoms with Crippen LogP contribution in [0.4, 0.5) is 0 Å². The maximum Gasteiger partial charge on any atom is 0.161 e. The van der Waals surface area contributed by atoms with Crippen LogP contribution in [0.25, 0.3) is 22.9 Å². The Morgan fingerprint density at radius 2 is 2.00 bits per heavy atom. The summed E-state index contributed by atoms with van der Waals surface area (Å²) >= 11 is 3.05. The van der Waals surface area contributed by atoms with Crippen LogP contribution < -0.4 is 9.47 Å². The normalized spacial score (nSPS) is 11.1. The molecule has 0 saturated heterocycles. The van der Waals surface area contributed by atoms with Gasteiger partial charge in [-0.3, -0.25) is 0 Å². The van der Waals surface area contributed by atoms with Crippen molar-refractivity contribution >= 4 is 34.3 Å². The number of thiophene rings is 1. The lowest BCUT2D eigenvalue weighted by atomic mass is 10.1. The van der Waals surface area contributed by atoms with Crippen LogP contribution >= 0.6 is 22.7 Å². The van der Waals surface area contributed by atoms with Crippen molar-refractivity contribution in [3.05, 3.63) is 51.0 Å². The van der Waals surface area contributed by atoms with Gasteiger partial charge in [0.15, 0.2) is 11.5 Å². The molecule has 1 aromatic carbocycles. The summed E-state index contributed by atoms with van der Waals surface area (Å²) in [6, 6.07) is 11.8. The molecular weight excluding hydrogens is 340 g/mol. The number of methoxy groups -OCH3 is 2. The summed E-state index contributed by atoms with van der Waals surface area (Å²) in [4.78, 5) is 5.64. The van der Waals surface area contributed by atoms with Crippen molar-refractivity contribution in [3.8, 4) is 28.8 Å². The van der Waals surface area contributed by atoms with Crippen molar-refractivity contribution in [1.29, 1.82) is 5.26 Å². The van der Waals surface area contributed by atoms with Crippen molar-refractivity contribution in [2.24, 2.45) is 0 Å². The van der Waals surface area contributed by atoms with E-state index in [0.717, 1.165) is 16.1 Å². The zero-order valence-electron chi connectivity index (χ0n) is 13.1. The average Bonchev–Trinajstić information content (AvgIpc) is 3.30. The summed E-state index contributed by atoms with van der Waals surface area (Å²) in [6.07, 6.45) is 1.86. The highest BCUT2D eigenvalue weighted by Crippen LogP contribution is 2.34. The largest absolute Gasteiger partial charge is 0.493 e. The highest BCUT2D eigenvalue weighted by Gasteiger charge is 2.12. The smallest absolute Gasteiger partial charge is 0.161 e. The highest BCUT2D eigenvalue weighted by atomic mass is 32.1. The van der Waals surface area contributed by atoms with Gasteiger partial charge in [-0.15, -0.1) is 22.7 Å². The first-order valence-corrected chi connectivity index (χ1v) is 8.84. The van der Waals surface area contributed by atoms with Crippen LogP contribution in [-0.2, 0) is 0 Å². The predicted octanol–water partition coefficient (Wildman–Crippen LogP) is 4.95. The molecule has 2 aromatic heterocycles. The Hall–Kier alpha value is -2.62. The van der Waals surface area contributed by atoms with Gasteiger partial charge in [0.05, 0.1) is 25.5 Å². The molecule has 0 unspecified atom stereocenters. The zero-order chi connectivity index (χ0) is 16.9. The molecule has 6 heteroatoms. The fourth-order valence-corrected chi connectivity index (χ4v) is 3.64. The number of hydrogen-bond donors (Lipinski definition) is 0. The van der Waals surface area contributed by atoms with E-state index in [9.17, 15) is 5.26 Å². The van der Waals surface area contributed by atoms with Crippen LogP contribution in [0.1, 0.15) is 9.88 Å². The van der Waals surface area contributed by atoms with Gasteiger partial charge in [0.2, 0.25) is 0 Å². The molecule has 0 bridgehead atoms. The molecule has 0 fully saturated rings. The summed E-state index contributed by atoms with van der Waals surface area (Å²) < 4.78 is 10.6. The number of allylic oxidation sites excluding steroid dienone is 1. The number of rotatable bonds is 5. The average molecular weight is 354 g/mol. The molecule has 3 aromatic rings. The Balaban J connectivity index is 1.95. The molecule has 3 rings (SSSR count).